The molecule has 0 saturated carbocycles. The molecule has 0 bridgehead atoms. The molecule has 0 aliphatic heterocycles. The molecule has 3 aromatic carbocycles. The average Bonchev–Trinajstić information content (AvgIpc) is 3.22. The molecule has 1 aromatic heterocycles. The quantitative estimate of drug-likeness (QED) is 0.408. The minimum atomic E-state index is -0.657. The van der Waals surface area contributed by atoms with Crippen LogP contribution in [0.1, 0.15) is 5.56 Å². The summed E-state index contributed by atoms with van der Waals surface area (Å²) >= 11 is 0. The summed E-state index contributed by atoms with van der Waals surface area (Å²) in [4.78, 5) is 7.33. The normalized spacial score (nSPS) is 10.4. The molecule has 0 amide bonds. The number of rotatable bonds is 6. The van der Waals surface area contributed by atoms with Gasteiger partial charge in [0.1, 0.15) is 35.6 Å². The third-order valence-electron chi connectivity index (χ3n) is 4.42. The van der Waals surface area contributed by atoms with E-state index < -0.39 is 11.6 Å². The van der Waals surface area contributed by atoms with Crippen LogP contribution in [0.15, 0.2) is 72.9 Å². The highest BCUT2D eigenvalue weighted by Gasteiger charge is 2.13. The van der Waals surface area contributed by atoms with Crippen LogP contribution in [0.25, 0.3) is 22.6 Å². The van der Waals surface area contributed by atoms with E-state index in [2.05, 4.69) is 9.97 Å². The van der Waals surface area contributed by atoms with E-state index in [4.69, 9.17) is 9.47 Å². The van der Waals surface area contributed by atoms with Crippen LogP contribution in [-0.2, 0) is 6.61 Å². The van der Waals surface area contributed by atoms with Gasteiger partial charge < -0.3 is 14.5 Å². The van der Waals surface area contributed by atoms with Crippen LogP contribution in [0.2, 0.25) is 0 Å². The average molecular weight is 429 g/mol. The summed E-state index contributed by atoms with van der Waals surface area (Å²) in [7, 11) is 1.57. The second-order valence-corrected chi connectivity index (χ2v) is 6.44. The van der Waals surface area contributed by atoms with Crippen molar-refractivity contribution in [3.8, 4) is 34.1 Å². The molecule has 1 heterocycles. The van der Waals surface area contributed by atoms with Gasteiger partial charge in [-0.25, -0.2) is 13.8 Å². The van der Waals surface area contributed by atoms with Gasteiger partial charge >= 0.3 is 0 Å². The van der Waals surface area contributed by atoms with Crippen molar-refractivity contribution < 1.29 is 18.3 Å². The summed E-state index contributed by atoms with van der Waals surface area (Å²) in [6, 6.07) is 18.6. The molecule has 30 heavy (non-hydrogen) atoms. The predicted molar refractivity (Wildman–Crippen MR) is 114 cm³/mol. The Morgan fingerprint density at radius 2 is 1.67 bits per heavy atom. The highest BCUT2D eigenvalue weighted by atomic mass is 35.5. The smallest absolute Gasteiger partial charge is 0.137 e. The molecule has 0 aliphatic rings. The molecule has 4 nitrogen and oxygen atoms in total. The fourth-order valence-corrected chi connectivity index (χ4v) is 3.02. The van der Waals surface area contributed by atoms with Crippen molar-refractivity contribution in [3.63, 3.8) is 0 Å². The van der Waals surface area contributed by atoms with E-state index in [-0.39, 0.29) is 12.4 Å². The third-order valence-corrected chi connectivity index (χ3v) is 4.42. The van der Waals surface area contributed by atoms with Crippen LogP contribution >= 0.6 is 12.4 Å². The molecule has 7 heteroatoms. The predicted octanol–water partition coefficient (Wildman–Crippen LogP) is 6.03. The molecule has 0 atom stereocenters. The second kappa shape index (κ2) is 9.41. The molecular weight excluding hydrogens is 410 g/mol. The van der Waals surface area contributed by atoms with Gasteiger partial charge in [-0.15, -0.1) is 12.4 Å². The van der Waals surface area contributed by atoms with Gasteiger partial charge in [0.15, 0.2) is 0 Å². The molecule has 0 aliphatic carbocycles. The van der Waals surface area contributed by atoms with Crippen molar-refractivity contribution in [2.24, 2.45) is 0 Å². The molecule has 0 spiro atoms. The highest BCUT2D eigenvalue weighted by Crippen LogP contribution is 2.33. The molecule has 1 N–H and O–H groups in total. The fraction of sp³-hybridized carbons (Fsp3) is 0.0870. The van der Waals surface area contributed by atoms with Gasteiger partial charge in [0.05, 0.1) is 19.0 Å². The Morgan fingerprint density at radius 1 is 0.933 bits per heavy atom. The third kappa shape index (κ3) is 4.78. The van der Waals surface area contributed by atoms with Crippen molar-refractivity contribution in [1.29, 1.82) is 0 Å². The maximum Gasteiger partial charge on any atom is 0.137 e. The number of hydrogen-bond acceptors (Lipinski definition) is 3. The van der Waals surface area contributed by atoms with Gasteiger partial charge in [0.25, 0.3) is 0 Å². The molecular formula is C23H19ClF2N2O2. The summed E-state index contributed by atoms with van der Waals surface area (Å²) in [5.41, 5.74) is 2.82. The number of methoxy groups -OCH3 is 1. The Hall–Kier alpha value is -3.38. The lowest BCUT2D eigenvalue weighted by Crippen LogP contribution is -1.96. The first kappa shape index (κ1) is 21.3. The first-order valence-corrected chi connectivity index (χ1v) is 8.99. The summed E-state index contributed by atoms with van der Waals surface area (Å²) in [5, 5.41) is 0. The Labute approximate surface area is 178 Å². The van der Waals surface area contributed by atoms with Gasteiger partial charge in [-0.2, -0.15) is 0 Å². The van der Waals surface area contributed by atoms with Crippen LogP contribution < -0.4 is 9.47 Å². The largest absolute Gasteiger partial charge is 0.496 e. The van der Waals surface area contributed by atoms with Crippen LogP contribution in [0, 0.1) is 11.6 Å². The second-order valence-electron chi connectivity index (χ2n) is 6.44. The number of H-pyrrole nitrogens is 1. The Balaban J connectivity index is 0.00000256. The number of aromatic amines is 1. The zero-order valence-electron chi connectivity index (χ0n) is 16.1. The van der Waals surface area contributed by atoms with Crippen LogP contribution in [0.5, 0.6) is 11.5 Å². The molecule has 0 saturated heterocycles. The van der Waals surface area contributed by atoms with Crippen molar-refractivity contribution in [3.05, 3.63) is 90.1 Å². The van der Waals surface area contributed by atoms with E-state index >= 15 is 0 Å². The summed E-state index contributed by atoms with van der Waals surface area (Å²) in [6.45, 7) is 0.447. The first-order chi connectivity index (χ1) is 14.1. The number of hydrogen-bond donors (Lipinski definition) is 1. The fourth-order valence-electron chi connectivity index (χ4n) is 3.02. The van der Waals surface area contributed by atoms with E-state index in [1.807, 2.05) is 42.5 Å². The topological polar surface area (TPSA) is 47.1 Å². The number of benzene rings is 3. The van der Waals surface area contributed by atoms with Crippen LogP contribution in [0.3, 0.4) is 0 Å². The van der Waals surface area contributed by atoms with Crippen LogP contribution in [-0.4, -0.2) is 17.1 Å². The Bertz CT molecular complexity index is 1110. The zero-order valence-corrected chi connectivity index (χ0v) is 16.9. The molecule has 4 rings (SSSR count). The lowest BCUT2D eigenvalue weighted by molar-refractivity contribution is 0.304. The number of nitrogens with zero attached hydrogens (tertiary/aromatic N) is 1. The van der Waals surface area contributed by atoms with Crippen molar-refractivity contribution >= 4 is 12.4 Å². The van der Waals surface area contributed by atoms with Gasteiger partial charge in [0.2, 0.25) is 0 Å². The molecule has 0 fully saturated rings. The van der Waals surface area contributed by atoms with Gasteiger partial charge in [-0.1, -0.05) is 30.3 Å². The number of halogens is 3. The van der Waals surface area contributed by atoms with Crippen molar-refractivity contribution in [1.82, 2.24) is 9.97 Å². The van der Waals surface area contributed by atoms with Crippen molar-refractivity contribution in [2.45, 2.75) is 6.61 Å². The van der Waals surface area contributed by atoms with Crippen LogP contribution in [0.4, 0.5) is 8.78 Å². The van der Waals surface area contributed by atoms with Gasteiger partial charge in [-0.05, 0) is 29.8 Å². The van der Waals surface area contributed by atoms with E-state index in [1.165, 1.54) is 12.1 Å². The van der Waals surface area contributed by atoms with E-state index in [0.29, 0.717) is 35.2 Å². The lowest BCUT2D eigenvalue weighted by Gasteiger charge is -2.11. The zero-order chi connectivity index (χ0) is 20.2. The molecule has 0 radical (unpaired) electrons. The maximum absolute atomic E-state index is 13.5. The number of ether oxygens (including phenoxy) is 2. The number of imidazole rings is 1. The molecule has 4 aromatic rings. The van der Waals surface area contributed by atoms with Gasteiger partial charge in [-0.3, -0.25) is 0 Å². The van der Waals surface area contributed by atoms with E-state index in [0.717, 1.165) is 17.2 Å². The van der Waals surface area contributed by atoms with Gasteiger partial charge in [0, 0.05) is 23.3 Å². The van der Waals surface area contributed by atoms with E-state index in [1.54, 1.807) is 19.4 Å². The lowest BCUT2D eigenvalue weighted by atomic mass is 10.1. The minimum absolute atomic E-state index is 0. The Morgan fingerprint density at radius 3 is 2.37 bits per heavy atom. The standard InChI is InChI=1S/C23H18F2N2O2.ClH/c1-28-22-12-19(29-14-15-5-3-2-4-6-15)7-8-20(22)21-13-26-23(27-21)16-9-17(24)11-18(25)10-16;/h2-13H,14H2,1H3,(H,26,27);1H. The molecule has 154 valence electrons. The SMILES string of the molecule is COc1cc(OCc2ccccc2)ccc1-c1cnc(-c2cc(F)cc(F)c2)[nH]1.Cl. The Kier molecular flexibility index (Phi) is 6.69. The summed E-state index contributed by atoms with van der Waals surface area (Å²) in [5.74, 6) is 0.313. The minimum Gasteiger partial charge on any atom is -0.496 e. The maximum atomic E-state index is 13.5. The monoisotopic (exact) mass is 428 g/mol. The van der Waals surface area contributed by atoms with Crippen molar-refractivity contribution in [2.75, 3.05) is 7.11 Å². The number of nitrogens with one attached hydrogen (secondary N) is 1. The molecule has 0 unspecified atom stereocenters. The summed E-state index contributed by atoms with van der Waals surface area (Å²) < 4.78 is 38.3. The number of aromatic nitrogens is 2. The summed E-state index contributed by atoms with van der Waals surface area (Å²) in [6.07, 6.45) is 1.60. The van der Waals surface area contributed by atoms with E-state index in [9.17, 15) is 8.78 Å². The first-order valence-electron chi connectivity index (χ1n) is 8.99. The highest BCUT2D eigenvalue weighted by molar-refractivity contribution is 5.85.